The highest BCUT2D eigenvalue weighted by Crippen LogP contribution is 2.49. The van der Waals surface area contributed by atoms with Gasteiger partial charge in [0.2, 0.25) is 0 Å². The average molecular weight is 182 g/mol. The van der Waals surface area contributed by atoms with E-state index in [0.29, 0.717) is 5.41 Å². The summed E-state index contributed by atoms with van der Waals surface area (Å²) in [6.45, 7) is 6.80. The quantitative estimate of drug-likeness (QED) is 0.605. The van der Waals surface area contributed by atoms with Gasteiger partial charge in [-0.05, 0) is 49.4 Å². The first-order valence-electron chi connectivity index (χ1n) is 5.80. The van der Waals surface area contributed by atoms with Gasteiger partial charge in [-0.2, -0.15) is 0 Å². The smallest absolute Gasteiger partial charge is 0.0522 e. The molecule has 76 valence electrons. The number of hydrogen-bond acceptors (Lipinski definition) is 1. The summed E-state index contributed by atoms with van der Waals surface area (Å²) in [5, 5.41) is 0. The van der Waals surface area contributed by atoms with E-state index in [2.05, 4.69) is 13.8 Å². The lowest BCUT2D eigenvalue weighted by Gasteiger charge is -2.33. The molecule has 0 bridgehead atoms. The van der Waals surface area contributed by atoms with Crippen LogP contribution in [0.1, 0.15) is 46.0 Å². The second-order valence-corrected chi connectivity index (χ2v) is 5.40. The van der Waals surface area contributed by atoms with Gasteiger partial charge in [0.1, 0.15) is 0 Å². The first-order valence-corrected chi connectivity index (χ1v) is 5.80. The zero-order valence-corrected chi connectivity index (χ0v) is 9.01. The van der Waals surface area contributed by atoms with Gasteiger partial charge in [-0.1, -0.05) is 13.8 Å². The highest BCUT2D eigenvalue weighted by Gasteiger charge is 2.41. The SMILES string of the molecule is CC(C)C1CCC2(CCCOC2)C1. The molecule has 1 nitrogen and oxygen atoms in total. The minimum atomic E-state index is 0.604. The zero-order chi connectivity index (χ0) is 9.31. The summed E-state index contributed by atoms with van der Waals surface area (Å²) in [7, 11) is 0. The maximum absolute atomic E-state index is 5.64. The Morgan fingerprint density at radius 3 is 2.69 bits per heavy atom. The van der Waals surface area contributed by atoms with E-state index in [-0.39, 0.29) is 0 Å². The van der Waals surface area contributed by atoms with Gasteiger partial charge in [-0.25, -0.2) is 0 Å². The largest absolute Gasteiger partial charge is 0.381 e. The van der Waals surface area contributed by atoms with Crippen LogP contribution >= 0.6 is 0 Å². The molecule has 1 spiro atoms. The van der Waals surface area contributed by atoms with Gasteiger partial charge in [-0.3, -0.25) is 0 Å². The van der Waals surface area contributed by atoms with Gasteiger partial charge < -0.3 is 4.74 Å². The highest BCUT2D eigenvalue weighted by atomic mass is 16.5. The van der Waals surface area contributed by atoms with E-state index in [4.69, 9.17) is 4.74 Å². The van der Waals surface area contributed by atoms with Gasteiger partial charge in [0, 0.05) is 6.61 Å². The van der Waals surface area contributed by atoms with Crippen LogP contribution in [0.15, 0.2) is 0 Å². The molecule has 2 rings (SSSR count). The molecular weight excluding hydrogens is 160 g/mol. The molecule has 1 heteroatoms. The number of hydrogen-bond donors (Lipinski definition) is 0. The van der Waals surface area contributed by atoms with E-state index < -0.39 is 0 Å². The second-order valence-electron chi connectivity index (χ2n) is 5.40. The summed E-state index contributed by atoms with van der Waals surface area (Å²) in [5.74, 6) is 1.85. The Balaban J connectivity index is 1.94. The van der Waals surface area contributed by atoms with Crippen LogP contribution < -0.4 is 0 Å². The summed E-state index contributed by atoms with van der Waals surface area (Å²) in [6, 6.07) is 0. The Morgan fingerprint density at radius 2 is 2.15 bits per heavy atom. The van der Waals surface area contributed by atoms with Gasteiger partial charge in [0.05, 0.1) is 6.61 Å². The van der Waals surface area contributed by atoms with E-state index in [0.717, 1.165) is 25.0 Å². The minimum Gasteiger partial charge on any atom is -0.381 e. The third kappa shape index (κ3) is 1.90. The van der Waals surface area contributed by atoms with Gasteiger partial charge in [-0.15, -0.1) is 0 Å². The molecular formula is C12H22O. The molecule has 0 N–H and O–H groups in total. The molecule has 1 heterocycles. The van der Waals surface area contributed by atoms with E-state index in [1.54, 1.807) is 0 Å². The monoisotopic (exact) mass is 182 g/mol. The van der Waals surface area contributed by atoms with Crippen LogP contribution in [0.2, 0.25) is 0 Å². The molecule has 13 heavy (non-hydrogen) atoms. The van der Waals surface area contributed by atoms with Crippen LogP contribution in [0.4, 0.5) is 0 Å². The van der Waals surface area contributed by atoms with E-state index in [1.807, 2.05) is 0 Å². The Kier molecular flexibility index (Phi) is 2.64. The molecule has 0 aromatic carbocycles. The van der Waals surface area contributed by atoms with Crippen molar-refractivity contribution in [3.05, 3.63) is 0 Å². The predicted molar refractivity (Wildman–Crippen MR) is 54.7 cm³/mol. The van der Waals surface area contributed by atoms with Crippen LogP contribution in [0.5, 0.6) is 0 Å². The normalized spacial score (nSPS) is 40.4. The molecule has 2 unspecified atom stereocenters. The van der Waals surface area contributed by atoms with Crippen molar-refractivity contribution in [1.29, 1.82) is 0 Å². The topological polar surface area (TPSA) is 9.23 Å². The van der Waals surface area contributed by atoms with Crippen molar-refractivity contribution in [2.45, 2.75) is 46.0 Å². The maximum Gasteiger partial charge on any atom is 0.0522 e. The predicted octanol–water partition coefficient (Wildman–Crippen LogP) is 3.24. The fourth-order valence-corrected chi connectivity index (χ4v) is 3.09. The zero-order valence-electron chi connectivity index (χ0n) is 9.01. The lowest BCUT2D eigenvalue weighted by Crippen LogP contribution is -2.29. The highest BCUT2D eigenvalue weighted by molar-refractivity contribution is 4.91. The van der Waals surface area contributed by atoms with Crippen LogP contribution in [0.25, 0.3) is 0 Å². The van der Waals surface area contributed by atoms with Crippen LogP contribution in [0.3, 0.4) is 0 Å². The summed E-state index contributed by atoms with van der Waals surface area (Å²) in [4.78, 5) is 0. The third-order valence-electron chi connectivity index (χ3n) is 4.09. The van der Waals surface area contributed by atoms with E-state index >= 15 is 0 Å². The molecule has 1 saturated heterocycles. The Morgan fingerprint density at radius 1 is 1.31 bits per heavy atom. The Labute approximate surface area is 81.9 Å². The summed E-state index contributed by atoms with van der Waals surface area (Å²) in [5.41, 5.74) is 0.604. The number of ether oxygens (including phenoxy) is 1. The molecule has 1 aliphatic carbocycles. The Bertz CT molecular complexity index is 168. The molecule has 0 amide bonds. The van der Waals surface area contributed by atoms with Gasteiger partial charge >= 0.3 is 0 Å². The van der Waals surface area contributed by atoms with Crippen molar-refractivity contribution >= 4 is 0 Å². The van der Waals surface area contributed by atoms with Crippen molar-refractivity contribution in [2.24, 2.45) is 17.3 Å². The van der Waals surface area contributed by atoms with Crippen LogP contribution in [-0.4, -0.2) is 13.2 Å². The molecule has 2 atom stereocenters. The Hall–Kier alpha value is -0.0400. The van der Waals surface area contributed by atoms with Crippen molar-refractivity contribution in [2.75, 3.05) is 13.2 Å². The lowest BCUT2D eigenvalue weighted by atomic mass is 9.79. The van der Waals surface area contributed by atoms with Crippen LogP contribution in [-0.2, 0) is 4.74 Å². The van der Waals surface area contributed by atoms with E-state index in [9.17, 15) is 0 Å². The fraction of sp³-hybridized carbons (Fsp3) is 1.00. The van der Waals surface area contributed by atoms with Crippen molar-refractivity contribution in [1.82, 2.24) is 0 Å². The molecule has 1 aliphatic heterocycles. The molecule has 0 aromatic heterocycles. The molecule has 2 aliphatic rings. The van der Waals surface area contributed by atoms with Crippen molar-refractivity contribution in [3.8, 4) is 0 Å². The minimum absolute atomic E-state index is 0.604. The summed E-state index contributed by atoms with van der Waals surface area (Å²) in [6.07, 6.45) is 7.03. The number of rotatable bonds is 1. The van der Waals surface area contributed by atoms with Crippen molar-refractivity contribution < 1.29 is 4.74 Å². The first-order chi connectivity index (χ1) is 6.22. The van der Waals surface area contributed by atoms with Gasteiger partial charge in [0.25, 0.3) is 0 Å². The molecule has 1 saturated carbocycles. The first kappa shape index (κ1) is 9.51. The molecule has 0 aromatic rings. The standard InChI is InChI=1S/C12H22O/c1-10(2)11-4-6-12(8-11)5-3-7-13-9-12/h10-11H,3-9H2,1-2H3. The summed E-state index contributed by atoms with van der Waals surface area (Å²) >= 11 is 0. The molecule has 2 fully saturated rings. The third-order valence-corrected chi connectivity index (χ3v) is 4.09. The second kappa shape index (κ2) is 3.61. The fourth-order valence-electron chi connectivity index (χ4n) is 3.09. The van der Waals surface area contributed by atoms with Crippen LogP contribution in [0, 0.1) is 17.3 Å². The average Bonchev–Trinajstić information content (AvgIpc) is 2.51. The van der Waals surface area contributed by atoms with E-state index in [1.165, 1.54) is 32.1 Å². The maximum atomic E-state index is 5.64. The van der Waals surface area contributed by atoms with Gasteiger partial charge in [0.15, 0.2) is 0 Å². The summed E-state index contributed by atoms with van der Waals surface area (Å²) < 4.78 is 5.64. The van der Waals surface area contributed by atoms with Crippen molar-refractivity contribution in [3.63, 3.8) is 0 Å². The lowest BCUT2D eigenvalue weighted by molar-refractivity contribution is -0.00706. The molecule has 0 radical (unpaired) electrons.